The minimum Gasteiger partial charge on any atom is -0.444 e. The molecule has 7 heteroatoms. The Morgan fingerprint density at radius 2 is 1.87 bits per heavy atom. The number of aliphatic hydroxyl groups is 1. The fraction of sp³-hybridized carbons (Fsp3) is 0.208. The molecule has 1 aromatic carbocycles. The highest BCUT2D eigenvalue weighted by Crippen LogP contribution is 2.38. The van der Waals surface area contributed by atoms with E-state index in [-0.39, 0.29) is 0 Å². The average molecular weight is 433 g/mol. The van der Waals surface area contributed by atoms with E-state index in [9.17, 15) is 5.11 Å². The zero-order valence-corrected chi connectivity index (χ0v) is 18.5. The summed E-state index contributed by atoms with van der Waals surface area (Å²) in [5, 5.41) is 15.1. The lowest BCUT2D eigenvalue weighted by molar-refractivity contribution is 0.0739. The number of benzene rings is 1. The molecule has 0 radical (unpaired) electrons. The highest BCUT2D eigenvalue weighted by Gasteiger charge is 2.17. The van der Waals surface area contributed by atoms with Crippen LogP contribution in [0, 0.1) is 0 Å². The van der Waals surface area contributed by atoms with E-state index in [1.165, 1.54) is 0 Å². The number of anilines is 2. The number of nitrogens with one attached hydrogen (secondary N) is 1. The summed E-state index contributed by atoms with van der Waals surface area (Å²) in [6, 6.07) is 17.4. The van der Waals surface area contributed by atoms with Gasteiger partial charge in [-0.3, -0.25) is 4.98 Å². The molecule has 0 unspecified atom stereocenters. The lowest BCUT2D eigenvalue weighted by Gasteiger charge is -2.16. The molecule has 3 heterocycles. The van der Waals surface area contributed by atoms with Crippen LogP contribution in [-0.4, -0.2) is 20.1 Å². The second kappa shape index (κ2) is 8.83. The summed E-state index contributed by atoms with van der Waals surface area (Å²) in [6.45, 7) is 5.50. The van der Waals surface area contributed by atoms with E-state index in [0.717, 1.165) is 33.4 Å². The van der Waals surface area contributed by atoms with Crippen molar-refractivity contribution in [1.29, 1.82) is 0 Å². The Balaban J connectivity index is 1.55. The van der Waals surface area contributed by atoms with Gasteiger partial charge in [0.2, 0.25) is 5.06 Å². The van der Waals surface area contributed by atoms with Crippen molar-refractivity contribution < 1.29 is 9.84 Å². The molecule has 0 aliphatic heterocycles. The van der Waals surface area contributed by atoms with Crippen molar-refractivity contribution in [3.05, 3.63) is 77.7 Å². The van der Waals surface area contributed by atoms with Crippen molar-refractivity contribution >= 4 is 22.8 Å². The molecule has 3 aromatic heterocycles. The molecule has 6 nitrogen and oxygen atoms in total. The molecule has 0 amide bonds. The summed E-state index contributed by atoms with van der Waals surface area (Å²) in [5.41, 5.74) is 2.27. The van der Waals surface area contributed by atoms with Crippen LogP contribution in [0.25, 0.3) is 11.3 Å². The number of nitrogens with zero attached hydrogens (tertiary/aromatic N) is 3. The van der Waals surface area contributed by atoms with Crippen molar-refractivity contribution in [2.24, 2.45) is 0 Å². The van der Waals surface area contributed by atoms with Crippen molar-refractivity contribution in [3.8, 4) is 22.1 Å². The number of hydrogen-bond donors (Lipinski definition) is 2. The standard InChI is InChI=1S/C24H24N4O2S/c1-4-21-28-22(16-8-6-5-7-9-16)23(31-21)30-18-12-13-25-20(14-18)27-17-10-11-19(26-15-17)24(2,3)29/h5-15,29H,4H2,1-3H3,(H,25,27). The van der Waals surface area contributed by atoms with Gasteiger partial charge in [0.05, 0.1) is 22.6 Å². The largest absolute Gasteiger partial charge is 0.444 e. The third-order valence-electron chi connectivity index (χ3n) is 4.59. The van der Waals surface area contributed by atoms with Gasteiger partial charge >= 0.3 is 0 Å². The maximum Gasteiger partial charge on any atom is 0.208 e. The first-order valence-corrected chi connectivity index (χ1v) is 10.9. The molecule has 0 saturated carbocycles. The van der Waals surface area contributed by atoms with E-state index in [1.807, 2.05) is 48.5 Å². The second-order valence-corrected chi connectivity index (χ2v) is 8.60. The average Bonchev–Trinajstić information content (AvgIpc) is 3.17. The third-order valence-corrected chi connectivity index (χ3v) is 5.67. The summed E-state index contributed by atoms with van der Waals surface area (Å²) < 4.78 is 6.22. The van der Waals surface area contributed by atoms with Gasteiger partial charge in [-0.2, -0.15) is 0 Å². The van der Waals surface area contributed by atoms with Crippen LogP contribution in [0.4, 0.5) is 11.5 Å². The molecule has 2 N–H and O–H groups in total. The van der Waals surface area contributed by atoms with Crippen molar-refractivity contribution in [2.75, 3.05) is 5.32 Å². The molecule has 31 heavy (non-hydrogen) atoms. The molecule has 4 rings (SSSR count). The first kappa shape index (κ1) is 21.0. The molecule has 0 aliphatic rings. The second-order valence-electron chi connectivity index (χ2n) is 7.56. The predicted octanol–water partition coefficient (Wildman–Crippen LogP) is 5.93. The molecule has 0 fully saturated rings. The van der Waals surface area contributed by atoms with Crippen LogP contribution < -0.4 is 10.1 Å². The zero-order valence-electron chi connectivity index (χ0n) is 17.7. The summed E-state index contributed by atoms with van der Waals surface area (Å²) in [4.78, 5) is 13.4. The van der Waals surface area contributed by atoms with E-state index < -0.39 is 5.60 Å². The van der Waals surface area contributed by atoms with Gasteiger partial charge in [0.1, 0.15) is 22.9 Å². The maximum absolute atomic E-state index is 10.1. The monoisotopic (exact) mass is 432 g/mol. The molecule has 0 bridgehead atoms. The lowest BCUT2D eigenvalue weighted by atomic mass is 10.1. The molecule has 0 atom stereocenters. The minimum atomic E-state index is -0.979. The molecular weight excluding hydrogens is 408 g/mol. The van der Waals surface area contributed by atoms with Gasteiger partial charge in [0.15, 0.2) is 0 Å². The smallest absolute Gasteiger partial charge is 0.208 e. The number of aryl methyl sites for hydroxylation is 1. The summed E-state index contributed by atoms with van der Waals surface area (Å²) in [7, 11) is 0. The number of aromatic nitrogens is 3. The molecule has 0 saturated heterocycles. The number of thiazole rings is 1. The Morgan fingerprint density at radius 1 is 1.06 bits per heavy atom. The minimum absolute atomic E-state index is 0.605. The quantitative estimate of drug-likeness (QED) is 0.377. The lowest BCUT2D eigenvalue weighted by Crippen LogP contribution is -2.17. The van der Waals surface area contributed by atoms with Gasteiger partial charge in [-0.25, -0.2) is 9.97 Å². The topological polar surface area (TPSA) is 80.2 Å². The molecule has 0 aliphatic carbocycles. The van der Waals surface area contributed by atoms with Crippen LogP contribution in [0.2, 0.25) is 0 Å². The summed E-state index contributed by atoms with van der Waals surface area (Å²) in [5.74, 6) is 1.30. The molecule has 158 valence electrons. The highest BCUT2D eigenvalue weighted by atomic mass is 32.1. The van der Waals surface area contributed by atoms with Gasteiger partial charge in [-0.15, -0.1) is 0 Å². The number of ether oxygens (including phenoxy) is 1. The fourth-order valence-corrected chi connectivity index (χ4v) is 3.87. The molecular formula is C24H24N4O2S. The zero-order chi connectivity index (χ0) is 21.8. The van der Waals surface area contributed by atoms with E-state index in [2.05, 4.69) is 22.2 Å². The Kier molecular flexibility index (Phi) is 5.97. The number of pyridine rings is 2. The highest BCUT2D eigenvalue weighted by molar-refractivity contribution is 7.14. The molecule has 0 spiro atoms. The summed E-state index contributed by atoms with van der Waals surface area (Å²) in [6.07, 6.45) is 4.22. The Labute approximate surface area is 185 Å². The Morgan fingerprint density at radius 3 is 2.55 bits per heavy atom. The molecule has 4 aromatic rings. The van der Waals surface area contributed by atoms with E-state index >= 15 is 0 Å². The van der Waals surface area contributed by atoms with E-state index in [0.29, 0.717) is 17.3 Å². The SMILES string of the molecule is CCc1nc(-c2ccccc2)c(Oc2ccnc(Nc3ccc(C(C)(C)O)nc3)c2)s1. The van der Waals surface area contributed by atoms with Gasteiger partial charge in [0.25, 0.3) is 0 Å². The number of hydrogen-bond acceptors (Lipinski definition) is 7. The Bertz CT molecular complexity index is 1150. The number of rotatable bonds is 7. The summed E-state index contributed by atoms with van der Waals surface area (Å²) >= 11 is 1.56. The van der Waals surface area contributed by atoms with E-state index in [1.54, 1.807) is 43.6 Å². The first-order chi connectivity index (χ1) is 14.9. The van der Waals surface area contributed by atoms with Crippen LogP contribution in [0.5, 0.6) is 10.8 Å². The van der Waals surface area contributed by atoms with Crippen molar-refractivity contribution in [2.45, 2.75) is 32.8 Å². The van der Waals surface area contributed by atoms with Gasteiger partial charge in [-0.05, 0) is 38.5 Å². The van der Waals surface area contributed by atoms with Crippen LogP contribution >= 0.6 is 11.3 Å². The van der Waals surface area contributed by atoms with Crippen LogP contribution in [0.3, 0.4) is 0 Å². The van der Waals surface area contributed by atoms with Gasteiger partial charge < -0.3 is 15.2 Å². The van der Waals surface area contributed by atoms with Crippen LogP contribution in [-0.2, 0) is 12.0 Å². The third kappa shape index (κ3) is 5.07. The first-order valence-electron chi connectivity index (χ1n) is 10.1. The van der Waals surface area contributed by atoms with Gasteiger partial charge in [0, 0.05) is 17.8 Å². The van der Waals surface area contributed by atoms with E-state index in [4.69, 9.17) is 9.72 Å². The normalized spacial score (nSPS) is 11.4. The van der Waals surface area contributed by atoms with Gasteiger partial charge in [-0.1, -0.05) is 48.6 Å². The van der Waals surface area contributed by atoms with Crippen LogP contribution in [0.15, 0.2) is 67.0 Å². The maximum atomic E-state index is 10.1. The van der Waals surface area contributed by atoms with Crippen molar-refractivity contribution in [3.63, 3.8) is 0 Å². The fourth-order valence-electron chi connectivity index (χ4n) is 2.97. The Hall–Kier alpha value is -3.29. The predicted molar refractivity (Wildman–Crippen MR) is 124 cm³/mol. The van der Waals surface area contributed by atoms with Crippen molar-refractivity contribution in [1.82, 2.24) is 15.0 Å². The van der Waals surface area contributed by atoms with Crippen LogP contribution in [0.1, 0.15) is 31.5 Å².